The Morgan fingerprint density at radius 2 is 1.93 bits per heavy atom. The van der Waals surface area contributed by atoms with E-state index in [1.54, 1.807) is 19.4 Å². The minimum atomic E-state index is 0.0557. The number of anilines is 1. The van der Waals surface area contributed by atoms with E-state index in [1.807, 2.05) is 24.8 Å². The van der Waals surface area contributed by atoms with E-state index in [9.17, 15) is 4.79 Å². The second-order valence-electron chi connectivity index (χ2n) is 7.95. The number of carbonyl (C=O) groups excluding carboxylic acids is 1. The fraction of sp³-hybridized carbons (Fsp3) is 0.700. The van der Waals surface area contributed by atoms with Crippen LogP contribution in [0.25, 0.3) is 0 Å². The summed E-state index contributed by atoms with van der Waals surface area (Å²) in [6.45, 7) is 11.2. The van der Waals surface area contributed by atoms with E-state index in [4.69, 9.17) is 0 Å². The molecule has 9 nitrogen and oxygen atoms in total. The smallest absolute Gasteiger partial charge is 0.225 e. The largest absolute Gasteiger partial charge is 0.355 e. The Morgan fingerprint density at radius 1 is 1.21 bits per heavy atom. The number of nitrogens with zero attached hydrogens (tertiary/aromatic N) is 6. The minimum Gasteiger partial charge on any atom is -0.355 e. The lowest BCUT2D eigenvalue weighted by molar-refractivity contribution is -0.133. The standard InChI is InChI=1S/C20H34N8O/c1-16(2)18(29)28-9-5-17(15-28)25-19(21-3)22-8-10-26-11-13-27(14-12-26)20-23-6-4-7-24-20/h4,6-7,16-17H,5,8-15H2,1-3H3,(H2,21,22,25). The average molecular weight is 403 g/mol. The van der Waals surface area contributed by atoms with Crippen LogP contribution in [0.15, 0.2) is 23.5 Å². The Balaban J connectivity index is 1.34. The third-order valence-corrected chi connectivity index (χ3v) is 5.49. The summed E-state index contributed by atoms with van der Waals surface area (Å²) < 4.78 is 0. The predicted octanol–water partition coefficient (Wildman–Crippen LogP) is 0.0205. The summed E-state index contributed by atoms with van der Waals surface area (Å²) in [4.78, 5) is 31.8. The normalized spacial score (nSPS) is 21.0. The highest BCUT2D eigenvalue weighted by Crippen LogP contribution is 2.13. The Bertz CT molecular complexity index is 672. The third kappa shape index (κ3) is 6.03. The number of amides is 1. The van der Waals surface area contributed by atoms with Crippen molar-refractivity contribution in [1.29, 1.82) is 0 Å². The van der Waals surface area contributed by atoms with Gasteiger partial charge in [0.25, 0.3) is 0 Å². The number of nitrogens with one attached hydrogen (secondary N) is 2. The molecule has 2 saturated heterocycles. The number of aliphatic imine (C=N–C) groups is 1. The molecule has 29 heavy (non-hydrogen) atoms. The van der Waals surface area contributed by atoms with Crippen molar-refractivity contribution in [2.45, 2.75) is 26.3 Å². The summed E-state index contributed by atoms with van der Waals surface area (Å²) in [7, 11) is 1.79. The summed E-state index contributed by atoms with van der Waals surface area (Å²) in [6.07, 6.45) is 4.54. The predicted molar refractivity (Wildman–Crippen MR) is 115 cm³/mol. The summed E-state index contributed by atoms with van der Waals surface area (Å²) in [5.41, 5.74) is 0. The fourth-order valence-electron chi connectivity index (χ4n) is 3.79. The Kier molecular flexibility index (Phi) is 7.62. The van der Waals surface area contributed by atoms with Crippen molar-refractivity contribution in [3.63, 3.8) is 0 Å². The van der Waals surface area contributed by atoms with Crippen LogP contribution >= 0.6 is 0 Å². The van der Waals surface area contributed by atoms with Gasteiger partial charge < -0.3 is 20.4 Å². The van der Waals surface area contributed by atoms with Crippen molar-refractivity contribution in [1.82, 2.24) is 30.4 Å². The molecule has 1 aromatic heterocycles. The monoisotopic (exact) mass is 402 g/mol. The van der Waals surface area contributed by atoms with Gasteiger partial charge in [-0.1, -0.05) is 13.8 Å². The van der Waals surface area contributed by atoms with E-state index in [2.05, 4.69) is 35.4 Å². The summed E-state index contributed by atoms with van der Waals surface area (Å²) in [6, 6.07) is 2.11. The van der Waals surface area contributed by atoms with Gasteiger partial charge in [-0.3, -0.25) is 14.7 Å². The molecule has 1 unspecified atom stereocenters. The molecule has 3 rings (SSSR count). The Hall–Kier alpha value is -2.42. The number of hydrogen-bond donors (Lipinski definition) is 2. The van der Waals surface area contributed by atoms with E-state index < -0.39 is 0 Å². The highest BCUT2D eigenvalue weighted by atomic mass is 16.2. The zero-order valence-corrected chi connectivity index (χ0v) is 17.8. The summed E-state index contributed by atoms with van der Waals surface area (Å²) in [5, 5.41) is 6.87. The molecule has 0 saturated carbocycles. The lowest BCUT2D eigenvalue weighted by Crippen LogP contribution is -2.50. The fourth-order valence-corrected chi connectivity index (χ4v) is 3.79. The molecule has 160 valence electrons. The van der Waals surface area contributed by atoms with E-state index in [0.29, 0.717) is 0 Å². The van der Waals surface area contributed by atoms with Gasteiger partial charge in [0.05, 0.1) is 0 Å². The number of piperazine rings is 1. The first-order chi connectivity index (χ1) is 14.1. The van der Waals surface area contributed by atoms with Gasteiger partial charge in [-0.2, -0.15) is 0 Å². The molecular formula is C20H34N8O. The second-order valence-corrected chi connectivity index (χ2v) is 7.95. The summed E-state index contributed by atoms with van der Waals surface area (Å²) in [5.74, 6) is 1.92. The van der Waals surface area contributed by atoms with E-state index in [-0.39, 0.29) is 17.9 Å². The molecule has 2 fully saturated rings. The van der Waals surface area contributed by atoms with Gasteiger partial charge in [0, 0.05) is 83.8 Å². The quantitative estimate of drug-likeness (QED) is 0.512. The molecule has 1 atom stereocenters. The molecule has 2 aliphatic heterocycles. The van der Waals surface area contributed by atoms with E-state index in [0.717, 1.165) is 70.7 Å². The van der Waals surface area contributed by atoms with Crippen LogP contribution < -0.4 is 15.5 Å². The Labute approximate surface area is 173 Å². The van der Waals surface area contributed by atoms with Crippen LogP contribution in [0.4, 0.5) is 5.95 Å². The molecule has 0 spiro atoms. The van der Waals surface area contributed by atoms with Gasteiger partial charge in [-0.05, 0) is 12.5 Å². The van der Waals surface area contributed by atoms with Gasteiger partial charge in [0.1, 0.15) is 0 Å². The summed E-state index contributed by atoms with van der Waals surface area (Å²) >= 11 is 0. The number of likely N-dealkylation sites (tertiary alicyclic amines) is 1. The van der Waals surface area contributed by atoms with E-state index >= 15 is 0 Å². The molecule has 1 amide bonds. The van der Waals surface area contributed by atoms with Gasteiger partial charge in [-0.15, -0.1) is 0 Å². The number of guanidine groups is 1. The number of carbonyl (C=O) groups is 1. The first-order valence-electron chi connectivity index (χ1n) is 10.6. The Morgan fingerprint density at radius 3 is 2.59 bits per heavy atom. The van der Waals surface area contributed by atoms with E-state index in [1.165, 1.54) is 0 Å². The molecular weight excluding hydrogens is 368 g/mol. The SMILES string of the molecule is CN=C(NCCN1CCN(c2ncccn2)CC1)NC1CCN(C(=O)C(C)C)C1. The number of hydrogen-bond acceptors (Lipinski definition) is 6. The highest BCUT2D eigenvalue weighted by Gasteiger charge is 2.28. The van der Waals surface area contributed by atoms with Crippen molar-refractivity contribution < 1.29 is 4.79 Å². The molecule has 1 aromatic rings. The molecule has 0 bridgehead atoms. The van der Waals surface area contributed by atoms with Crippen LogP contribution in [0, 0.1) is 5.92 Å². The van der Waals surface area contributed by atoms with Crippen LogP contribution in [-0.4, -0.2) is 97.1 Å². The second kappa shape index (κ2) is 10.4. The van der Waals surface area contributed by atoms with Crippen LogP contribution in [0.2, 0.25) is 0 Å². The molecule has 0 aromatic carbocycles. The first kappa shape index (κ1) is 21.3. The van der Waals surface area contributed by atoms with Crippen LogP contribution in [-0.2, 0) is 4.79 Å². The van der Waals surface area contributed by atoms with Gasteiger partial charge in [0.15, 0.2) is 5.96 Å². The highest BCUT2D eigenvalue weighted by molar-refractivity contribution is 5.81. The van der Waals surface area contributed by atoms with Crippen molar-refractivity contribution in [3.05, 3.63) is 18.5 Å². The molecule has 0 radical (unpaired) electrons. The maximum atomic E-state index is 12.1. The van der Waals surface area contributed by atoms with Crippen LogP contribution in [0.5, 0.6) is 0 Å². The lowest BCUT2D eigenvalue weighted by Gasteiger charge is -2.34. The molecule has 9 heteroatoms. The van der Waals surface area contributed by atoms with Crippen LogP contribution in [0.1, 0.15) is 20.3 Å². The van der Waals surface area contributed by atoms with Crippen molar-refractivity contribution in [2.75, 3.05) is 64.3 Å². The molecule has 0 aliphatic carbocycles. The molecule has 2 N–H and O–H groups in total. The van der Waals surface area contributed by atoms with Crippen molar-refractivity contribution >= 4 is 17.8 Å². The van der Waals surface area contributed by atoms with Crippen molar-refractivity contribution in [2.24, 2.45) is 10.9 Å². The van der Waals surface area contributed by atoms with Crippen LogP contribution in [0.3, 0.4) is 0 Å². The van der Waals surface area contributed by atoms with Gasteiger partial charge >= 0.3 is 0 Å². The van der Waals surface area contributed by atoms with Crippen molar-refractivity contribution in [3.8, 4) is 0 Å². The average Bonchev–Trinajstić information content (AvgIpc) is 3.22. The lowest BCUT2D eigenvalue weighted by atomic mass is 10.2. The maximum Gasteiger partial charge on any atom is 0.225 e. The maximum absolute atomic E-state index is 12.1. The molecule has 2 aliphatic rings. The number of aromatic nitrogens is 2. The topological polar surface area (TPSA) is 89.0 Å². The minimum absolute atomic E-state index is 0.0557. The number of rotatable bonds is 6. The third-order valence-electron chi connectivity index (χ3n) is 5.49. The zero-order chi connectivity index (χ0) is 20.6. The van der Waals surface area contributed by atoms with Gasteiger partial charge in [0.2, 0.25) is 11.9 Å². The molecule has 3 heterocycles. The zero-order valence-electron chi connectivity index (χ0n) is 17.8. The van der Waals surface area contributed by atoms with Gasteiger partial charge in [-0.25, -0.2) is 9.97 Å². The first-order valence-corrected chi connectivity index (χ1v) is 10.6.